The number of thiophene rings is 1. The van der Waals surface area contributed by atoms with E-state index in [-0.39, 0.29) is 0 Å². The van der Waals surface area contributed by atoms with E-state index < -0.39 is 6.10 Å². The first-order valence-electron chi connectivity index (χ1n) is 6.86. The first kappa shape index (κ1) is 13.3. The zero-order chi connectivity index (χ0) is 13.9. The fraction of sp³-hybridized carbons (Fsp3) is 0.235. The Morgan fingerprint density at radius 1 is 1.15 bits per heavy atom. The predicted octanol–water partition coefficient (Wildman–Crippen LogP) is 4.13. The molecule has 102 valence electrons. The third kappa shape index (κ3) is 2.47. The van der Waals surface area contributed by atoms with Gasteiger partial charge < -0.3 is 5.11 Å². The monoisotopic (exact) mass is 283 g/mol. The fourth-order valence-electron chi connectivity index (χ4n) is 2.57. The number of aliphatic hydroxyl groups excluding tert-OH is 1. The van der Waals surface area contributed by atoms with E-state index in [2.05, 4.69) is 29.4 Å². The SMILES string of the molecule is CCc1ccsc1C(O)Cc1ccnc2ccccc12. The van der Waals surface area contributed by atoms with Gasteiger partial charge in [0.15, 0.2) is 0 Å². The van der Waals surface area contributed by atoms with Crippen LogP contribution in [0.1, 0.15) is 29.0 Å². The standard InChI is InChI=1S/C17H17NOS/c1-2-12-8-10-20-17(12)16(19)11-13-7-9-18-15-6-4-3-5-14(13)15/h3-10,16,19H,2,11H2,1H3. The maximum absolute atomic E-state index is 10.5. The molecule has 0 amide bonds. The van der Waals surface area contributed by atoms with Crippen molar-refractivity contribution in [1.29, 1.82) is 0 Å². The van der Waals surface area contributed by atoms with Crippen LogP contribution in [0.3, 0.4) is 0 Å². The van der Waals surface area contributed by atoms with E-state index in [0.717, 1.165) is 27.8 Å². The van der Waals surface area contributed by atoms with Gasteiger partial charge in [-0.15, -0.1) is 11.3 Å². The Bertz CT molecular complexity index is 714. The van der Waals surface area contributed by atoms with E-state index in [4.69, 9.17) is 0 Å². The fourth-order valence-corrected chi connectivity index (χ4v) is 3.55. The molecule has 0 aliphatic carbocycles. The van der Waals surface area contributed by atoms with Crippen molar-refractivity contribution in [2.75, 3.05) is 0 Å². The molecule has 0 fully saturated rings. The molecule has 20 heavy (non-hydrogen) atoms. The molecule has 3 rings (SSSR count). The normalized spacial score (nSPS) is 12.7. The Hall–Kier alpha value is -1.71. The first-order chi connectivity index (χ1) is 9.79. The van der Waals surface area contributed by atoms with Gasteiger partial charge in [-0.2, -0.15) is 0 Å². The smallest absolute Gasteiger partial charge is 0.0925 e. The van der Waals surface area contributed by atoms with E-state index in [1.165, 1.54) is 5.56 Å². The van der Waals surface area contributed by atoms with Crippen LogP contribution in [0.2, 0.25) is 0 Å². The van der Waals surface area contributed by atoms with Gasteiger partial charge in [-0.25, -0.2) is 0 Å². The second-order valence-corrected chi connectivity index (χ2v) is 5.82. The Kier molecular flexibility index (Phi) is 3.81. The third-order valence-corrected chi connectivity index (χ3v) is 4.68. The molecule has 2 aromatic heterocycles. The lowest BCUT2D eigenvalue weighted by Gasteiger charge is -2.12. The first-order valence-corrected chi connectivity index (χ1v) is 7.74. The maximum Gasteiger partial charge on any atom is 0.0925 e. The number of rotatable bonds is 4. The molecular formula is C17H17NOS. The minimum Gasteiger partial charge on any atom is -0.387 e. The number of nitrogens with zero attached hydrogens (tertiary/aromatic N) is 1. The van der Waals surface area contributed by atoms with Crippen LogP contribution in [-0.4, -0.2) is 10.1 Å². The number of hydrogen-bond acceptors (Lipinski definition) is 3. The van der Waals surface area contributed by atoms with E-state index >= 15 is 0 Å². The maximum atomic E-state index is 10.5. The number of hydrogen-bond donors (Lipinski definition) is 1. The van der Waals surface area contributed by atoms with Gasteiger partial charge in [0.25, 0.3) is 0 Å². The summed E-state index contributed by atoms with van der Waals surface area (Å²) < 4.78 is 0. The van der Waals surface area contributed by atoms with E-state index in [9.17, 15) is 5.11 Å². The molecule has 1 N–H and O–H groups in total. The number of fused-ring (bicyclic) bond motifs is 1. The summed E-state index contributed by atoms with van der Waals surface area (Å²) >= 11 is 1.64. The number of aliphatic hydroxyl groups is 1. The highest BCUT2D eigenvalue weighted by atomic mass is 32.1. The molecule has 0 radical (unpaired) electrons. The lowest BCUT2D eigenvalue weighted by atomic mass is 10.0. The van der Waals surface area contributed by atoms with Gasteiger partial charge in [-0.1, -0.05) is 25.1 Å². The summed E-state index contributed by atoms with van der Waals surface area (Å²) in [6, 6.07) is 12.2. The van der Waals surface area contributed by atoms with Crippen molar-refractivity contribution >= 4 is 22.2 Å². The van der Waals surface area contributed by atoms with Crippen molar-refractivity contribution in [1.82, 2.24) is 4.98 Å². The van der Waals surface area contributed by atoms with Crippen molar-refractivity contribution < 1.29 is 5.11 Å². The highest BCUT2D eigenvalue weighted by Gasteiger charge is 2.15. The van der Waals surface area contributed by atoms with Crippen LogP contribution in [0.4, 0.5) is 0 Å². The van der Waals surface area contributed by atoms with Crippen LogP contribution >= 0.6 is 11.3 Å². The van der Waals surface area contributed by atoms with Gasteiger partial charge in [0.1, 0.15) is 0 Å². The van der Waals surface area contributed by atoms with Crippen LogP contribution < -0.4 is 0 Å². The molecule has 0 saturated carbocycles. The highest BCUT2D eigenvalue weighted by Crippen LogP contribution is 2.29. The Morgan fingerprint density at radius 3 is 2.85 bits per heavy atom. The Balaban J connectivity index is 1.93. The zero-order valence-electron chi connectivity index (χ0n) is 11.4. The van der Waals surface area contributed by atoms with Crippen LogP contribution in [0.5, 0.6) is 0 Å². The van der Waals surface area contributed by atoms with Gasteiger partial charge in [0.2, 0.25) is 0 Å². The molecule has 0 bridgehead atoms. The number of aryl methyl sites for hydroxylation is 1. The lowest BCUT2D eigenvalue weighted by Crippen LogP contribution is -2.03. The summed E-state index contributed by atoms with van der Waals surface area (Å²) in [7, 11) is 0. The number of aromatic nitrogens is 1. The lowest BCUT2D eigenvalue weighted by molar-refractivity contribution is 0.182. The van der Waals surface area contributed by atoms with Gasteiger partial charge >= 0.3 is 0 Å². The van der Waals surface area contributed by atoms with Gasteiger partial charge in [0.05, 0.1) is 11.6 Å². The van der Waals surface area contributed by atoms with Crippen LogP contribution in [0.15, 0.2) is 48.0 Å². The van der Waals surface area contributed by atoms with Gasteiger partial charge in [-0.05, 0) is 41.1 Å². The molecule has 1 atom stereocenters. The molecule has 0 aliphatic heterocycles. The molecule has 3 aromatic rings. The molecule has 0 saturated heterocycles. The van der Waals surface area contributed by atoms with Crippen LogP contribution in [0.25, 0.3) is 10.9 Å². The number of pyridine rings is 1. The number of benzene rings is 1. The third-order valence-electron chi connectivity index (χ3n) is 3.62. The minimum absolute atomic E-state index is 0.434. The summed E-state index contributed by atoms with van der Waals surface area (Å²) in [4.78, 5) is 5.46. The van der Waals surface area contributed by atoms with Crippen molar-refractivity contribution in [3.8, 4) is 0 Å². The Labute approximate surface area is 122 Å². The van der Waals surface area contributed by atoms with Crippen molar-refractivity contribution in [3.05, 3.63) is 64.0 Å². The van der Waals surface area contributed by atoms with Crippen molar-refractivity contribution in [2.45, 2.75) is 25.9 Å². The summed E-state index contributed by atoms with van der Waals surface area (Å²) in [5.41, 5.74) is 3.39. The van der Waals surface area contributed by atoms with Crippen molar-refractivity contribution in [3.63, 3.8) is 0 Å². The summed E-state index contributed by atoms with van der Waals surface area (Å²) in [5, 5.41) is 13.7. The van der Waals surface area contributed by atoms with Crippen molar-refractivity contribution in [2.24, 2.45) is 0 Å². The molecule has 1 aromatic carbocycles. The van der Waals surface area contributed by atoms with Gasteiger partial charge in [-0.3, -0.25) is 4.98 Å². The van der Waals surface area contributed by atoms with E-state index in [0.29, 0.717) is 6.42 Å². The second kappa shape index (κ2) is 5.73. The summed E-state index contributed by atoms with van der Waals surface area (Å²) in [5.74, 6) is 0. The molecule has 0 spiro atoms. The molecule has 3 heteroatoms. The van der Waals surface area contributed by atoms with E-state index in [1.54, 1.807) is 11.3 Å². The zero-order valence-corrected chi connectivity index (χ0v) is 12.2. The largest absolute Gasteiger partial charge is 0.387 e. The molecule has 2 nitrogen and oxygen atoms in total. The van der Waals surface area contributed by atoms with Crippen LogP contribution in [0, 0.1) is 0 Å². The average Bonchev–Trinajstić information content (AvgIpc) is 2.96. The van der Waals surface area contributed by atoms with E-state index in [1.807, 2.05) is 30.5 Å². The van der Waals surface area contributed by atoms with Crippen LogP contribution in [-0.2, 0) is 12.8 Å². The second-order valence-electron chi connectivity index (χ2n) is 4.87. The highest BCUT2D eigenvalue weighted by molar-refractivity contribution is 7.10. The summed E-state index contributed by atoms with van der Waals surface area (Å²) in [6.07, 6.45) is 2.99. The Morgan fingerprint density at radius 2 is 2.00 bits per heavy atom. The van der Waals surface area contributed by atoms with Gasteiger partial charge in [0, 0.05) is 22.9 Å². The average molecular weight is 283 g/mol. The molecule has 1 unspecified atom stereocenters. The summed E-state index contributed by atoms with van der Waals surface area (Å²) in [6.45, 7) is 2.13. The minimum atomic E-state index is -0.434. The molecule has 0 aliphatic rings. The molecule has 2 heterocycles. The number of para-hydroxylation sites is 1. The predicted molar refractivity (Wildman–Crippen MR) is 84.1 cm³/mol. The quantitative estimate of drug-likeness (QED) is 0.781. The topological polar surface area (TPSA) is 33.1 Å². The molecular weight excluding hydrogens is 266 g/mol.